The molecule has 3 aliphatic rings. The molecule has 1 aliphatic heterocycles. The zero-order valence-electron chi connectivity index (χ0n) is 19.8. The lowest BCUT2D eigenvalue weighted by molar-refractivity contribution is -0.160. The van der Waals surface area contributed by atoms with Crippen LogP contribution in [0.15, 0.2) is 60.7 Å². The number of amides is 3. The fraction of sp³-hybridized carbons (Fsp3) is 0.429. The monoisotopic (exact) mass is 474 g/mol. The molecule has 1 saturated heterocycles. The summed E-state index contributed by atoms with van der Waals surface area (Å²) < 4.78 is 5.38. The minimum atomic E-state index is -1.08. The molecule has 0 radical (unpaired) electrons. The van der Waals surface area contributed by atoms with Gasteiger partial charge < -0.3 is 10.1 Å². The van der Waals surface area contributed by atoms with E-state index < -0.39 is 24.5 Å². The van der Waals surface area contributed by atoms with Crippen LogP contribution in [-0.2, 0) is 30.3 Å². The van der Waals surface area contributed by atoms with Gasteiger partial charge in [-0.15, -0.1) is 0 Å². The Balaban J connectivity index is 1.29. The van der Waals surface area contributed by atoms with Crippen LogP contribution in [0.25, 0.3) is 0 Å². The molecule has 2 aliphatic carbocycles. The molecule has 2 aromatic carbocycles. The first-order valence-corrected chi connectivity index (χ1v) is 12.4. The second-order valence-corrected chi connectivity index (χ2v) is 9.94. The maximum Gasteiger partial charge on any atom is 0.330 e. The topological polar surface area (TPSA) is 92.8 Å². The standard InChI is InChI=1S/C28H30N2O5/c1-17(19-10-6-3-7-11-19)29-23(31)16-35-28(34)22(14-18-8-4-2-5-9-18)30-26(32)24-20-12-13-21(15-20)25(24)27(30)33/h2-11,17,20-22,24-25H,12-16H2,1H3,(H,29,31)/t17-,20-,21-,22-,24-,25+/m0/s1. The highest BCUT2D eigenvalue weighted by atomic mass is 16.5. The predicted octanol–water partition coefficient (Wildman–Crippen LogP) is 3.05. The number of fused-ring (bicyclic) bond motifs is 5. The molecular formula is C28H30N2O5. The highest BCUT2D eigenvalue weighted by molar-refractivity contribution is 6.08. The van der Waals surface area contributed by atoms with Crippen molar-refractivity contribution in [2.24, 2.45) is 23.7 Å². The number of nitrogens with zero attached hydrogens (tertiary/aromatic N) is 1. The lowest BCUT2D eigenvalue weighted by atomic mass is 9.81. The van der Waals surface area contributed by atoms with Gasteiger partial charge in [0.2, 0.25) is 11.8 Å². The molecule has 7 heteroatoms. The van der Waals surface area contributed by atoms with E-state index in [0.29, 0.717) is 0 Å². The summed E-state index contributed by atoms with van der Waals surface area (Å²) in [5.41, 5.74) is 1.75. The number of carbonyl (C=O) groups excluding carboxylic acids is 4. The van der Waals surface area contributed by atoms with Gasteiger partial charge in [0, 0.05) is 6.42 Å². The van der Waals surface area contributed by atoms with Gasteiger partial charge in [-0.25, -0.2) is 4.79 Å². The van der Waals surface area contributed by atoms with E-state index in [1.807, 2.05) is 67.6 Å². The van der Waals surface area contributed by atoms with Crippen molar-refractivity contribution in [3.63, 3.8) is 0 Å². The highest BCUT2D eigenvalue weighted by Gasteiger charge is 2.62. The van der Waals surface area contributed by atoms with E-state index in [0.717, 1.165) is 35.3 Å². The molecule has 1 N–H and O–H groups in total. The fourth-order valence-electron chi connectivity index (χ4n) is 6.20. The summed E-state index contributed by atoms with van der Waals surface area (Å²) in [5, 5.41) is 2.82. The van der Waals surface area contributed by atoms with Gasteiger partial charge in [-0.05, 0) is 49.1 Å². The lowest BCUT2D eigenvalue weighted by Crippen LogP contribution is -2.48. The van der Waals surface area contributed by atoms with Gasteiger partial charge in [-0.1, -0.05) is 60.7 Å². The highest BCUT2D eigenvalue weighted by Crippen LogP contribution is 2.56. The van der Waals surface area contributed by atoms with Crippen molar-refractivity contribution in [3.8, 4) is 0 Å². The molecule has 2 aromatic rings. The molecule has 182 valence electrons. The number of hydrogen-bond donors (Lipinski definition) is 1. The normalized spacial score (nSPS) is 26.4. The van der Waals surface area contributed by atoms with Crippen molar-refractivity contribution in [1.82, 2.24) is 10.2 Å². The van der Waals surface area contributed by atoms with E-state index in [4.69, 9.17) is 4.74 Å². The Hall–Kier alpha value is -3.48. The number of esters is 1. The number of hydrogen-bond acceptors (Lipinski definition) is 5. The summed E-state index contributed by atoms with van der Waals surface area (Å²) in [5.74, 6) is -1.87. The molecule has 7 nitrogen and oxygen atoms in total. The lowest BCUT2D eigenvalue weighted by Gasteiger charge is -2.26. The molecule has 0 spiro atoms. The Morgan fingerprint density at radius 1 is 0.943 bits per heavy atom. The molecular weight excluding hydrogens is 444 g/mol. The molecule has 2 saturated carbocycles. The van der Waals surface area contributed by atoms with Gasteiger partial charge >= 0.3 is 5.97 Å². The average molecular weight is 475 g/mol. The van der Waals surface area contributed by atoms with Crippen LogP contribution in [-0.4, -0.2) is 41.2 Å². The van der Waals surface area contributed by atoms with Crippen LogP contribution in [0, 0.1) is 23.7 Å². The maximum atomic E-state index is 13.4. The number of imide groups is 1. The molecule has 0 unspecified atom stereocenters. The van der Waals surface area contributed by atoms with Crippen molar-refractivity contribution >= 4 is 23.7 Å². The van der Waals surface area contributed by atoms with Gasteiger partial charge in [0.05, 0.1) is 17.9 Å². The van der Waals surface area contributed by atoms with Gasteiger partial charge in [0.25, 0.3) is 5.91 Å². The van der Waals surface area contributed by atoms with Gasteiger partial charge in [0.1, 0.15) is 6.04 Å². The second kappa shape index (κ2) is 9.64. The predicted molar refractivity (Wildman–Crippen MR) is 128 cm³/mol. The molecule has 5 rings (SSSR count). The van der Waals surface area contributed by atoms with Crippen molar-refractivity contribution in [1.29, 1.82) is 0 Å². The first-order chi connectivity index (χ1) is 16.9. The van der Waals surface area contributed by atoms with E-state index in [1.165, 1.54) is 0 Å². The van der Waals surface area contributed by atoms with E-state index in [2.05, 4.69) is 5.32 Å². The Kier molecular flexibility index (Phi) is 6.41. The van der Waals surface area contributed by atoms with Crippen LogP contribution < -0.4 is 5.32 Å². The summed E-state index contributed by atoms with van der Waals surface area (Å²) in [7, 11) is 0. The smallest absolute Gasteiger partial charge is 0.330 e. The Bertz CT molecular complexity index is 1090. The van der Waals surface area contributed by atoms with Gasteiger partial charge in [-0.3, -0.25) is 19.3 Å². The average Bonchev–Trinajstić information content (AvgIpc) is 3.56. The third-order valence-electron chi connectivity index (χ3n) is 7.84. The first-order valence-electron chi connectivity index (χ1n) is 12.4. The zero-order valence-corrected chi connectivity index (χ0v) is 19.8. The second-order valence-electron chi connectivity index (χ2n) is 9.94. The molecule has 35 heavy (non-hydrogen) atoms. The number of likely N-dealkylation sites (tertiary alicyclic amines) is 1. The quantitative estimate of drug-likeness (QED) is 0.469. The summed E-state index contributed by atoms with van der Waals surface area (Å²) in [6.07, 6.45) is 3.01. The van der Waals surface area contributed by atoms with E-state index in [-0.39, 0.29) is 47.9 Å². The van der Waals surface area contributed by atoms with E-state index in [9.17, 15) is 19.2 Å². The number of carbonyl (C=O) groups is 4. The van der Waals surface area contributed by atoms with Crippen LogP contribution in [0.3, 0.4) is 0 Å². The summed E-state index contributed by atoms with van der Waals surface area (Å²) in [4.78, 5) is 53.6. The largest absolute Gasteiger partial charge is 0.454 e. The molecule has 2 bridgehead atoms. The van der Waals surface area contributed by atoms with Gasteiger partial charge in [-0.2, -0.15) is 0 Å². The van der Waals surface area contributed by atoms with Crippen LogP contribution in [0.5, 0.6) is 0 Å². The van der Waals surface area contributed by atoms with Crippen molar-refractivity contribution in [2.45, 2.75) is 44.7 Å². The minimum Gasteiger partial charge on any atom is -0.454 e. The van der Waals surface area contributed by atoms with E-state index in [1.54, 1.807) is 0 Å². The molecule has 3 amide bonds. The zero-order chi connectivity index (χ0) is 24.5. The van der Waals surface area contributed by atoms with Crippen LogP contribution in [0.2, 0.25) is 0 Å². The summed E-state index contributed by atoms with van der Waals surface area (Å²) >= 11 is 0. The number of nitrogens with one attached hydrogen (secondary N) is 1. The summed E-state index contributed by atoms with van der Waals surface area (Å²) in [6.45, 7) is 1.37. The van der Waals surface area contributed by atoms with Crippen molar-refractivity contribution in [3.05, 3.63) is 71.8 Å². The molecule has 6 atom stereocenters. The Morgan fingerprint density at radius 3 is 2.11 bits per heavy atom. The van der Waals surface area contributed by atoms with Crippen molar-refractivity contribution in [2.75, 3.05) is 6.61 Å². The SMILES string of the molecule is C[C@H](NC(=O)COC(=O)[C@H](Cc1ccccc1)N1C(=O)[C@@H]2[C@H]3CC[C@@H](C3)[C@@H]2C1=O)c1ccccc1. The minimum absolute atomic E-state index is 0.161. The third-order valence-corrected chi connectivity index (χ3v) is 7.84. The van der Waals surface area contributed by atoms with Crippen LogP contribution in [0.1, 0.15) is 43.4 Å². The third kappa shape index (κ3) is 4.47. The van der Waals surface area contributed by atoms with Gasteiger partial charge in [0.15, 0.2) is 6.61 Å². The Morgan fingerprint density at radius 2 is 1.51 bits per heavy atom. The maximum absolute atomic E-state index is 13.4. The number of ether oxygens (including phenoxy) is 1. The number of benzene rings is 2. The molecule has 3 fully saturated rings. The van der Waals surface area contributed by atoms with Crippen LogP contribution >= 0.6 is 0 Å². The summed E-state index contributed by atoms with van der Waals surface area (Å²) in [6, 6.07) is 17.4. The van der Waals surface area contributed by atoms with Crippen LogP contribution in [0.4, 0.5) is 0 Å². The molecule has 0 aromatic heterocycles. The Labute approximate surface area is 204 Å². The van der Waals surface area contributed by atoms with Crippen molar-refractivity contribution < 1.29 is 23.9 Å². The fourth-order valence-corrected chi connectivity index (χ4v) is 6.20. The molecule has 1 heterocycles. The van der Waals surface area contributed by atoms with E-state index >= 15 is 0 Å². The first kappa shape index (κ1) is 23.3. The number of rotatable bonds is 8.